The second kappa shape index (κ2) is 7.96. The van der Waals surface area contributed by atoms with Gasteiger partial charge in [-0.3, -0.25) is 9.59 Å². The van der Waals surface area contributed by atoms with Crippen molar-refractivity contribution in [3.8, 4) is 5.75 Å². The Morgan fingerprint density at radius 3 is 2.74 bits per heavy atom. The quantitative estimate of drug-likeness (QED) is 0.857. The Bertz CT molecular complexity index is 888. The third-order valence-electron chi connectivity index (χ3n) is 4.59. The lowest BCUT2D eigenvalue weighted by Gasteiger charge is -2.25. The van der Waals surface area contributed by atoms with Gasteiger partial charge in [-0.05, 0) is 55.7 Å². The molecule has 2 aromatic rings. The first-order valence-electron chi connectivity index (χ1n) is 8.62. The zero-order chi connectivity index (χ0) is 19.6. The molecule has 1 saturated heterocycles. The molecule has 1 N–H and O–H groups in total. The van der Waals surface area contributed by atoms with Crippen molar-refractivity contribution < 1.29 is 18.7 Å². The zero-order valence-electron chi connectivity index (χ0n) is 15.1. The van der Waals surface area contributed by atoms with E-state index in [4.69, 9.17) is 16.3 Å². The molecule has 0 aliphatic carbocycles. The minimum Gasteiger partial charge on any atom is -0.496 e. The standard InChI is InChI=1S/C20H20ClFN2O3/c1-12-5-7-16(15(22)10-12)23-19(25)17-4-3-9-24(17)20(26)14-11-13(21)6-8-18(14)27-2/h5-8,10-11,17H,3-4,9H2,1-2H3,(H,23,25). The van der Waals surface area contributed by atoms with Crippen LogP contribution in [0, 0.1) is 12.7 Å². The normalized spacial score (nSPS) is 16.3. The largest absolute Gasteiger partial charge is 0.496 e. The Balaban J connectivity index is 1.81. The lowest BCUT2D eigenvalue weighted by Crippen LogP contribution is -2.43. The van der Waals surface area contributed by atoms with Crippen molar-refractivity contribution in [3.05, 3.63) is 58.4 Å². The van der Waals surface area contributed by atoms with E-state index in [0.29, 0.717) is 35.7 Å². The van der Waals surface area contributed by atoms with Crippen LogP contribution in [-0.4, -0.2) is 36.4 Å². The molecule has 142 valence electrons. The fourth-order valence-electron chi connectivity index (χ4n) is 3.22. The Hall–Kier alpha value is -2.60. The molecule has 1 aliphatic heterocycles. The third kappa shape index (κ3) is 4.06. The maximum absolute atomic E-state index is 14.0. The molecule has 1 aliphatic rings. The molecular formula is C20H20ClFN2O3. The van der Waals surface area contributed by atoms with Gasteiger partial charge >= 0.3 is 0 Å². The fourth-order valence-corrected chi connectivity index (χ4v) is 3.39. The summed E-state index contributed by atoms with van der Waals surface area (Å²) < 4.78 is 19.3. The first-order valence-corrected chi connectivity index (χ1v) is 9.00. The monoisotopic (exact) mass is 390 g/mol. The van der Waals surface area contributed by atoms with Crippen LogP contribution in [-0.2, 0) is 4.79 Å². The molecule has 0 aromatic heterocycles. The van der Waals surface area contributed by atoms with Crippen LogP contribution in [0.25, 0.3) is 0 Å². The third-order valence-corrected chi connectivity index (χ3v) is 4.83. The van der Waals surface area contributed by atoms with E-state index in [1.54, 1.807) is 25.1 Å². The van der Waals surface area contributed by atoms with Crippen LogP contribution in [0.4, 0.5) is 10.1 Å². The molecule has 2 amide bonds. The topological polar surface area (TPSA) is 58.6 Å². The van der Waals surface area contributed by atoms with Gasteiger partial charge < -0.3 is 15.0 Å². The molecule has 1 heterocycles. The second-order valence-corrected chi connectivity index (χ2v) is 6.91. The van der Waals surface area contributed by atoms with Crippen molar-refractivity contribution in [1.82, 2.24) is 4.90 Å². The average Bonchev–Trinajstić information content (AvgIpc) is 3.13. The van der Waals surface area contributed by atoms with Crippen LogP contribution >= 0.6 is 11.6 Å². The molecule has 0 saturated carbocycles. The average molecular weight is 391 g/mol. The van der Waals surface area contributed by atoms with Gasteiger partial charge in [0.25, 0.3) is 5.91 Å². The summed E-state index contributed by atoms with van der Waals surface area (Å²) in [6, 6.07) is 8.67. The molecule has 1 fully saturated rings. The van der Waals surface area contributed by atoms with E-state index < -0.39 is 17.8 Å². The van der Waals surface area contributed by atoms with Crippen molar-refractivity contribution in [2.75, 3.05) is 19.0 Å². The number of methoxy groups -OCH3 is 1. The number of carbonyl (C=O) groups is 2. The van der Waals surface area contributed by atoms with Crippen molar-refractivity contribution in [1.29, 1.82) is 0 Å². The fraction of sp³-hybridized carbons (Fsp3) is 0.300. The Morgan fingerprint density at radius 2 is 2.04 bits per heavy atom. The van der Waals surface area contributed by atoms with E-state index in [-0.39, 0.29) is 11.6 Å². The molecular weight excluding hydrogens is 371 g/mol. The number of likely N-dealkylation sites (tertiary alicyclic amines) is 1. The molecule has 1 atom stereocenters. The van der Waals surface area contributed by atoms with Crippen molar-refractivity contribution in [2.45, 2.75) is 25.8 Å². The minimum atomic E-state index is -0.679. The van der Waals surface area contributed by atoms with Gasteiger partial charge in [-0.2, -0.15) is 0 Å². The maximum atomic E-state index is 14.0. The summed E-state index contributed by atoms with van der Waals surface area (Å²) in [5.41, 5.74) is 1.16. The molecule has 3 rings (SSSR count). The number of carbonyl (C=O) groups excluding carboxylic acids is 2. The van der Waals surface area contributed by atoms with E-state index in [2.05, 4.69) is 5.32 Å². The zero-order valence-corrected chi connectivity index (χ0v) is 15.8. The lowest BCUT2D eigenvalue weighted by atomic mass is 10.1. The number of anilines is 1. The van der Waals surface area contributed by atoms with Crippen LogP contribution in [0.5, 0.6) is 5.75 Å². The van der Waals surface area contributed by atoms with Gasteiger partial charge in [-0.15, -0.1) is 0 Å². The SMILES string of the molecule is COc1ccc(Cl)cc1C(=O)N1CCCC1C(=O)Nc1ccc(C)cc1F. The number of ether oxygens (including phenoxy) is 1. The van der Waals surface area contributed by atoms with Crippen molar-refractivity contribution >= 4 is 29.1 Å². The smallest absolute Gasteiger partial charge is 0.258 e. The summed E-state index contributed by atoms with van der Waals surface area (Å²) in [5.74, 6) is -0.864. The minimum absolute atomic E-state index is 0.102. The number of halogens is 2. The summed E-state index contributed by atoms with van der Waals surface area (Å²) in [7, 11) is 1.47. The molecule has 0 radical (unpaired) electrons. The van der Waals surface area contributed by atoms with Gasteiger partial charge in [-0.25, -0.2) is 4.39 Å². The first kappa shape index (κ1) is 19.2. The predicted octanol–water partition coefficient (Wildman–Crippen LogP) is 4.04. The number of aryl methyl sites for hydroxylation is 1. The predicted molar refractivity (Wildman–Crippen MR) is 102 cm³/mol. The number of nitrogens with one attached hydrogen (secondary N) is 1. The van der Waals surface area contributed by atoms with E-state index in [1.807, 2.05) is 0 Å². The highest BCUT2D eigenvalue weighted by Gasteiger charge is 2.35. The van der Waals surface area contributed by atoms with Crippen LogP contribution in [0.3, 0.4) is 0 Å². The Labute approximate surface area is 162 Å². The summed E-state index contributed by atoms with van der Waals surface area (Å²) in [4.78, 5) is 27.2. The Morgan fingerprint density at radius 1 is 1.26 bits per heavy atom. The van der Waals surface area contributed by atoms with E-state index in [0.717, 1.165) is 5.56 Å². The summed E-state index contributed by atoms with van der Waals surface area (Å²) in [6.07, 6.45) is 1.19. The molecule has 0 spiro atoms. The molecule has 7 heteroatoms. The molecule has 0 bridgehead atoms. The van der Waals surface area contributed by atoms with Crippen LogP contribution in [0.15, 0.2) is 36.4 Å². The van der Waals surface area contributed by atoms with E-state index >= 15 is 0 Å². The second-order valence-electron chi connectivity index (χ2n) is 6.47. The van der Waals surface area contributed by atoms with Crippen LogP contribution in [0.2, 0.25) is 5.02 Å². The summed E-state index contributed by atoms with van der Waals surface area (Å²) >= 11 is 6.01. The number of rotatable bonds is 4. The lowest BCUT2D eigenvalue weighted by molar-refractivity contribution is -0.119. The Kier molecular flexibility index (Phi) is 5.65. The molecule has 2 aromatic carbocycles. The molecule has 27 heavy (non-hydrogen) atoms. The number of nitrogens with zero attached hydrogens (tertiary/aromatic N) is 1. The molecule has 5 nitrogen and oxygen atoms in total. The van der Waals surface area contributed by atoms with E-state index in [9.17, 15) is 14.0 Å². The summed E-state index contributed by atoms with van der Waals surface area (Å²) in [5, 5.41) is 2.99. The number of benzene rings is 2. The van der Waals surface area contributed by atoms with Gasteiger partial charge in [0.05, 0.1) is 18.4 Å². The number of hydrogen-bond donors (Lipinski definition) is 1. The van der Waals surface area contributed by atoms with Gasteiger partial charge in [0, 0.05) is 11.6 Å². The van der Waals surface area contributed by atoms with E-state index in [1.165, 1.54) is 30.2 Å². The van der Waals surface area contributed by atoms with Gasteiger partial charge in [0.15, 0.2) is 0 Å². The highest BCUT2D eigenvalue weighted by atomic mass is 35.5. The highest BCUT2D eigenvalue weighted by molar-refractivity contribution is 6.31. The molecule has 1 unspecified atom stereocenters. The number of hydrogen-bond acceptors (Lipinski definition) is 3. The first-order chi connectivity index (χ1) is 12.9. The van der Waals surface area contributed by atoms with Crippen LogP contribution < -0.4 is 10.1 Å². The van der Waals surface area contributed by atoms with Crippen molar-refractivity contribution in [3.63, 3.8) is 0 Å². The highest BCUT2D eigenvalue weighted by Crippen LogP contribution is 2.28. The van der Waals surface area contributed by atoms with Crippen LogP contribution in [0.1, 0.15) is 28.8 Å². The number of amides is 2. The van der Waals surface area contributed by atoms with Gasteiger partial charge in [0.1, 0.15) is 17.6 Å². The van der Waals surface area contributed by atoms with Gasteiger partial charge in [-0.1, -0.05) is 17.7 Å². The summed E-state index contributed by atoms with van der Waals surface area (Å²) in [6.45, 7) is 2.20. The maximum Gasteiger partial charge on any atom is 0.258 e. The van der Waals surface area contributed by atoms with Gasteiger partial charge in [0.2, 0.25) is 5.91 Å². The van der Waals surface area contributed by atoms with Crippen molar-refractivity contribution in [2.24, 2.45) is 0 Å².